The minimum atomic E-state index is 0. The van der Waals surface area contributed by atoms with E-state index in [0.29, 0.717) is 11.4 Å². The molecule has 1 aromatic carbocycles. The fourth-order valence-electron chi connectivity index (χ4n) is 4.45. The first-order chi connectivity index (χ1) is 14.1. The first-order valence-electron chi connectivity index (χ1n) is 10.8. The fourth-order valence-corrected chi connectivity index (χ4v) is 4.45. The van der Waals surface area contributed by atoms with Gasteiger partial charge in [0.2, 0.25) is 0 Å². The van der Waals surface area contributed by atoms with E-state index in [9.17, 15) is 4.79 Å². The molecule has 168 valence electrons. The van der Waals surface area contributed by atoms with Crippen LogP contribution in [0.3, 0.4) is 0 Å². The Labute approximate surface area is 186 Å². The van der Waals surface area contributed by atoms with Gasteiger partial charge in [-0.3, -0.25) is 4.79 Å². The van der Waals surface area contributed by atoms with Crippen molar-refractivity contribution in [3.8, 4) is 5.75 Å². The normalized spacial score (nSPS) is 16.5. The zero-order chi connectivity index (χ0) is 20.8. The van der Waals surface area contributed by atoms with Crippen molar-refractivity contribution in [3.05, 3.63) is 30.0 Å². The average molecular weight is 438 g/mol. The zero-order valence-corrected chi connectivity index (χ0v) is 19.5. The number of aryl methyl sites for hydroxylation is 1. The predicted octanol–water partition coefficient (Wildman–Crippen LogP) is 4.10. The highest BCUT2D eigenvalue weighted by atomic mass is 35.5. The summed E-state index contributed by atoms with van der Waals surface area (Å²) in [5.41, 5.74) is 1.72. The molecule has 1 amide bonds. The number of amides is 1. The summed E-state index contributed by atoms with van der Waals surface area (Å²) < 4.78 is 13.2. The summed E-state index contributed by atoms with van der Waals surface area (Å²) >= 11 is 0. The molecular formula is C23H36ClN3O3. The predicted molar refractivity (Wildman–Crippen MR) is 124 cm³/mol. The highest BCUT2D eigenvalue weighted by Gasteiger charge is 2.33. The number of nitrogens with one attached hydrogen (secondary N) is 1. The Hall–Kier alpha value is -1.76. The Morgan fingerprint density at radius 1 is 1.27 bits per heavy atom. The minimum Gasteiger partial charge on any atom is -0.494 e. The van der Waals surface area contributed by atoms with Gasteiger partial charge in [-0.15, -0.1) is 12.4 Å². The van der Waals surface area contributed by atoms with Crippen molar-refractivity contribution in [1.29, 1.82) is 0 Å². The van der Waals surface area contributed by atoms with Crippen LogP contribution in [0, 0.1) is 0 Å². The van der Waals surface area contributed by atoms with E-state index >= 15 is 0 Å². The number of carbonyl (C=O) groups excluding carboxylic acids is 1. The van der Waals surface area contributed by atoms with Gasteiger partial charge in [-0.25, -0.2) is 0 Å². The molecule has 3 rings (SSSR count). The Morgan fingerprint density at radius 3 is 2.67 bits per heavy atom. The number of halogens is 1. The van der Waals surface area contributed by atoms with Gasteiger partial charge >= 0.3 is 0 Å². The van der Waals surface area contributed by atoms with Gasteiger partial charge in [0.15, 0.2) is 11.4 Å². The molecule has 0 saturated carbocycles. The number of fused-ring (bicyclic) bond motifs is 1. The van der Waals surface area contributed by atoms with Gasteiger partial charge in [0, 0.05) is 44.3 Å². The maximum atomic E-state index is 13.9. The van der Waals surface area contributed by atoms with Crippen molar-refractivity contribution in [2.24, 2.45) is 0 Å². The molecule has 1 aliphatic heterocycles. The van der Waals surface area contributed by atoms with E-state index in [1.807, 2.05) is 18.2 Å². The maximum absolute atomic E-state index is 13.9. The van der Waals surface area contributed by atoms with Crippen molar-refractivity contribution in [2.75, 3.05) is 33.9 Å². The SMILES string of the molecule is COCCCCn1c(C(=O)N(C(C)C)[C@@H]2CCCNC2)c(OC)c2ccccc21.Cl. The summed E-state index contributed by atoms with van der Waals surface area (Å²) in [5, 5.41) is 4.44. The van der Waals surface area contributed by atoms with Gasteiger partial charge in [-0.1, -0.05) is 12.1 Å². The topological polar surface area (TPSA) is 55.7 Å². The Morgan fingerprint density at radius 2 is 2.03 bits per heavy atom. The molecule has 6 nitrogen and oxygen atoms in total. The first kappa shape index (κ1) is 24.5. The number of rotatable bonds is 9. The van der Waals surface area contributed by atoms with Crippen molar-refractivity contribution in [2.45, 2.75) is 58.2 Å². The lowest BCUT2D eigenvalue weighted by Crippen LogP contribution is -2.52. The smallest absolute Gasteiger partial charge is 0.274 e. The number of piperidine rings is 1. The Kier molecular flexibility index (Phi) is 9.46. The lowest BCUT2D eigenvalue weighted by molar-refractivity contribution is 0.0559. The monoisotopic (exact) mass is 437 g/mol. The number of aromatic nitrogens is 1. The van der Waals surface area contributed by atoms with Crippen LogP contribution in [0.15, 0.2) is 24.3 Å². The molecule has 1 atom stereocenters. The molecule has 0 unspecified atom stereocenters. The van der Waals surface area contributed by atoms with E-state index in [4.69, 9.17) is 9.47 Å². The molecule has 1 aliphatic rings. The molecule has 1 N–H and O–H groups in total. The van der Waals surface area contributed by atoms with Crippen LogP contribution in [0.25, 0.3) is 10.9 Å². The van der Waals surface area contributed by atoms with Crippen molar-refractivity contribution < 1.29 is 14.3 Å². The molecule has 1 fully saturated rings. The number of methoxy groups -OCH3 is 2. The van der Waals surface area contributed by atoms with Crippen molar-refractivity contribution in [3.63, 3.8) is 0 Å². The maximum Gasteiger partial charge on any atom is 0.274 e. The number of carbonyl (C=O) groups is 1. The molecule has 30 heavy (non-hydrogen) atoms. The van der Waals surface area contributed by atoms with Crippen molar-refractivity contribution >= 4 is 29.2 Å². The van der Waals surface area contributed by atoms with Crippen LogP contribution in [-0.4, -0.2) is 61.4 Å². The van der Waals surface area contributed by atoms with Crippen LogP contribution in [0.1, 0.15) is 50.0 Å². The van der Waals surface area contributed by atoms with E-state index in [-0.39, 0.29) is 30.4 Å². The molecule has 2 aromatic rings. The van der Waals surface area contributed by atoms with Gasteiger partial charge in [0.1, 0.15) is 0 Å². The first-order valence-corrected chi connectivity index (χ1v) is 10.8. The fraction of sp³-hybridized carbons (Fsp3) is 0.609. The number of para-hydroxylation sites is 1. The second kappa shape index (κ2) is 11.6. The standard InChI is InChI=1S/C23H35N3O3.ClH/c1-17(2)26(18-10-9-13-24-16-18)23(27)21-22(29-4)19-11-5-6-12-20(19)25(21)14-7-8-15-28-3;/h5-6,11-12,17-18,24H,7-10,13-16H2,1-4H3;1H/t18-;/m1./s1. The van der Waals surface area contributed by atoms with Crippen LogP contribution in [-0.2, 0) is 11.3 Å². The summed E-state index contributed by atoms with van der Waals surface area (Å²) in [6, 6.07) is 8.47. The minimum absolute atomic E-state index is 0. The van der Waals surface area contributed by atoms with Crippen LogP contribution in [0.4, 0.5) is 0 Å². The highest BCUT2D eigenvalue weighted by Crippen LogP contribution is 2.35. The van der Waals surface area contributed by atoms with E-state index in [1.54, 1.807) is 14.2 Å². The summed E-state index contributed by atoms with van der Waals surface area (Å²) in [5.74, 6) is 0.750. The quantitative estimate of drug-likeness (QED) is 0.600. The van der Waals surface area contributed by atoms with Crippen LogP contribution < -0.4 is 10.1 Å². The number of unbranched alkanes of at least 4 members (excludes halogenated alkanes) is 1. The molecule has 1 aromatic heterocycles. The molecular weight excluding hydrogens is 402 g/mol. The highest BCUT2D eigenvalue weighted by molar-refractivity contribution is 6.04. The van der Waals surface area contributed by atoms with Crippen LogP contribution in [0.5, 0.6) is 5.75 Å². The summed E-state index contributed by atoms with van der Waals surface area (Å²) in [7, 11) is 3.39. The average Bonchev–Trinajstić information content (AvgIpc) is 3.05. The summed E-state index contributed by atoms with van der Waals surface area (Å²) in [4.78, 5) is 16.0. The molecule has 0 bridgehead atoms. The summed E-state index contributed by atoms with van der Waals surface area (Å²) in [6.07, 6.45) is 4.04. The number of benzene rings is 1. The van der Waals surface area contributed by atoms with E-state index in [2.05, 4.69) is 34.7 Å². The lowest BCUT2D eigenvalue weighted by Gasteiger charge is -2.38. The molecule has 7 heteroatoms. The van der Waals surface area contributed by atoms with E-state index < -0.39 is 0 Å². The summed E-state index contributed by atoms with van der Waals surface area (Å²) in [6.45, 7) is 7.57. The number of ether oxygens (including phenoxy) is 2. The van der Waals surface area contributed by atoms with Crippen LogP contribution >= 0.6 is 12.4 Å². The van der Waals surface area contributed by atoms with Gasteiger partial charge in [0.25, 0.3) is 5.91 Å². The zero-order valence-electron chi connectivity index (χ0n) is 18.6. The number of nitrogens with zero attached hydrogens (tertiary/aromatic N) is 2. The van der Waals surface area contributed by atoms with Gasteiger partial charge in [0.05, 0.1) is 12.6 Å². The van der Waals surface area contributed by atoms with E-state index in [0.717, 1.165) is 62.8 Å². The third-order valence-electron chi connectivity index (χ3n) is 5.77. The molecule has 0 spiro atoms. The molecule has 1 saturated heterocycles. The van der Waals surface area contributed by atoms with Gasteiger partial charge in [-0.2, -0.15) is 0 Å². The van der Waals surface area contributed by atoms with Gasteiger partial charge in [-0.05, 0) is 58.2 Å². The Balaban J connectivity index is 0.00000320. The van der Waals surface area contributed by atoms with Crippen LogP contribution in [0.2, 0.25) is 0 Å². The molecule has 2 heterocycles. The second-order valence-corrected chi connectivity index (χ2v) is 8.06. The van der Waals surface area contributed by atoms with Gasteiger partial charge < -0.3 is 24.3 Å². The van der Waals surface area contributed by atoms with Crippen molar-refractivity contribution in [1.82, 2.24) is 14.8 Å². The molecule has 0 aliphatic carbocycles. The Bertz CT molecular complexity index is 815. The lowest BCUT2D eigenvalue weighted by atomic mass is 10.0. The number of hydrogen-bond donors (Lipinski definition) is 1. The second-order valence-electron chi connectivity index (χ2n) is 8.06. The largest absolute Gasteiger partial charge is 0.494 e. The third kappa shape index (κ3) is 5.10. The third-order valence-corrected chi connectivity index (χ3v) is 5.77. The number of hydrogen-bond acceptors (Lipinski definition) is 4. The molecule has 0 radical (unpaired) electrons. The van der Waals surface area contributed by atoms with E-state index in [1.165, 1.54) is 0 Å².